The van der Waals surface area contributed by atoms with Crippen molar-refractivity contribution in [3.8, 4) is 0 Å². The molecule has 0 bridgehead atoms. The van der Waals surface area contributed by atoms with E-state index in [0.29, 0.717) is 23.0 Å². The smallest absolute Gasteiger partial charge is 0.253 e. The van der Waals surface area contributed by atoms with E-state index in [2.05, 4.69) is 5.32 Å². The molecule has 1 amide bonds. The fourth-order valence-corrected chi connectivity index (χ4v) is 5.61. The van der Waals surface area contributed by atoms with Gasteiger partial charge in [0.2, 0.25) is 0 Å². The number of nitrogens with zero attached hydrogens (tertiary/aromatic N) is 1. The summed E-state index contributed by atoms with van der Waals surface area (Å²) >= 11 is 0. The average Bonchev–Trinajstić information content (AvgIpc) is 3.17. The van der Waals surface area contributed by atoms with Gasteiger partial charge in [-0.2, -0.15) is 0 Å². The third-order valence-corrected chi connectivity index (χ3v) is 7.57. The number of sulfone groups is 1. The molecular formula is C18H27ClN2O3S. The summed E-state index contributed by atoms with van der Waals surface area (Å²) in [5.74, 6) is -0.0141. The van der Waals surface area contributed by atoms with Crippen LogP contribution in [0.5, 0.6) is 0 Å². The third-order valence-electron chi connectivity index (χ3n) is 5.29. The number of piperidine rings is 1. The first kappa shape index (κ1) is 20.2. The van der Waals surface area contributed by atoms with E-state index in [-0.39, 0.29) is 23.6 Å². The minimum Gasteiger partial charge on any atom is -0.337 e. The molecule has 140 valence electrons. The molecule has 1 aliphatic heterocycles. The molecule has 1 aromatic carbocycles. The van der Waals surface area contributed by atoms with Gasteiger partial charge < -0.3 is 10.2 Å². The van der Waals surface area contributed by atoms with Crippen molar-refractivity contribution in [1.29, 1.82) is 0 Å². The van der Waals surface area contributed by atoms with E-state index in [1.54, 1.807) is 24.3 Å². The van der Waals surface area contributed by atoms with Crippen LogP contribution in [0, 0.1) is 0 Å². The van der Waals surface area contributed by atoms with E-state index in [1.165, 1.54) is 0 Å². The molecule has 25 heavy (non-hydrogen) atoms. The molecule has 1 aliphatic carbocycles. The standard InChI is InChI=1S/C18H26N2O3S.ClH/c1-19-15-5-4-12-20(13-15)18(21)14-8-10-17(11-9-14)24(22,23)16-6-2-3-7-16;/h8-11,15-16,19H,2-7,12-13H2,1H3;1H. The SMILES string of the molecule is CNC1CCCN(C(=O)c2ccc(S(=O)(=O)C3CCCC3)cc2)C1.Cl. The second-order valence-corrected chi connectivity index (χ2v) is 9.08. The number of carbonyl (C=O) groups is 1. The van der Waals surface area contributed by atoms with Crippen molar-refractivity contribution >= 4 is 28.2 Å². The average molecular weight is 387 g/mol. The minimum absolute atomic E-state index is 0. The zero-order valence-corrected chi connectivity index (χ0v) is 16.2. The van der Waals surface area contributed by atoms with E-state index in [1.807, 2.05) is 11.9 Å². The number of carbonyl (C=O) groups excluding carboxylic acids is 1. The van der Waals surface area contributed by atoms with Crippen LogP contribution in [-0.4, -0.2) is 50.7 Å². The van der Waals surface area contributed by atoms with Gasteiger partial charge in [-0.25, -0.2) is 8.42 Å². The Morgan fingerprint density at radius 3 is 2.32 bits per heavy atom. The van der Waals surface area contributed by atoms with Crippen molar-refractivity contribution in [1.82, 2.24) is 10.2 Å². The molecule has 1 saturated heterocycles. The predicted molar refractivity (Wildman–Crippen MR) is 101 cm³/mol. The summed E-state index contributed by atoms with van der Waals surface area (Å²) < 4.78 is 25.2. The van der Waals surface area contributed by atoms with Gasteiger partial charge in [0.05, 0.1) is 10.1 Å². The highest BCUT2D eigenvalue weighted by molar-refractivity contribution is 7.92. The van der Waals surface area contributed by atoms with E-state index >= 15 is 0 Å². The number of rotatable bonds is 4. The summed E-state index contributed by atoms with van der Waals surface area (Å²) in [5.41, 5.74) is 0.567. The Kier molecular flexibility index (Phi) is 6.88. The highest BCUT2D eigenvalue weighted by Gasteiger charge is 2.30. The number of hydrogen-bond donors (Lipinski definition) is 1. The maximum atomic E-state index is 12.6. The van der Waals surface area contributed by atoms with Gasteiger partial charge in [0.1, 0.15) is 0 Å². The normalized spacial score (nSPS) is 21.8. The fourth-order valence-electron chi connectivity index (χ4n) is 3.76. The molecule has 1 atom stereocenters. The quantitative estimate of drug-likeness (QED) is 0.863. The van der Waals surface area contributed by atoms with Crippen LogP contribution >= 0.6 is 12.4 Å². The van der Waals surface area contributed by atoms with Gasteiger partial charge in [-0.3, -0.25) is 4.79 Å². The highest BCUT2D eigenvalue weighted by atomic mass is 35.5. The molecule has 0 spiro atoms. The Labute approximate surface area is 156 Å². The van der Waals surface area contributed by atoms with Gasteiger partial charge in [0.15, 0.2) is 9.84 Å². The van der Waals surface area contributed by atoms with Crippen molar-refractivity contribution in [2.45, 2.75) is 54.7 Å². The van der Waals surface area contributed by atoms with Gasteiger partial charge in [-0.05, 0) is 57.0 Å². The summed E-state index contributed by atoms with van der Waals surface area (Å²) in [7, 11) is -1.34. The Bertz CT molecular complexity index is 685. The van der Waals surface area contributed by atoms with Crippen LogP contribution in [0.25, 0.3) is 0 Å². The van der Waals surface area contributed by atoms with Crippen LogP contribution in [0.1, 0.15) is 48.9 Å². The molecular weight excluding hydrogens is 360 g/mol. The van der Waals surface area contributed by atoms with Crippen molar-refractivity contribution in [3.63, 3.8) is 0 Å². The molecule has 7 heteroatoms. The molecule has 1 aromatic rings. The van der Waals surface area contributed by atoms with E-state index in [4.69, 9.17) is 0 Å². The summed E-state index contributed by atoms with van der Waals surface area (Å²) in [6.45, 7) is 1.47. The van der Waals surface area contributed by atoms with Gasteiger partial charge in [0.25, 0.3) is 5.91 Å². The molecule has 1 heterocycles. The highest BCUT2D eigenvalue weighted by Crippen LogP contribution is 2.29. The number of nitrogens with one attached hydrogen (secondary N) is 1. The lowest BCUT2D eigenvalue weighted by Crippen LogP contribution is -2.46. The van der Waals surface area contributed by atoms with Crippen molar-refractivity contribution in [3.05, 3.63) is 29.8 Å². The van der Waals surface area contributed by atoms with Crippen molar-refractivity contribution < 1.29 is 13.2 Å². The summed E-state index contributed by atoms with van der Waals surface area (Å²) in [6, 6.07) is 6.85. The lowest BCUT2D eigenvalue weighted by atomic mass is 10.0. The van der Waals surface area contributed by atoms with Gasteiger partial charge in [-0.1, -0.05) is 12.8 Å². The molecule has 2 aliphatic rings. The Morgan fingerprint density at radius 2 is 1.72 bits per heavy atom. The van der Waals surface area contributed by atoms with Gasteiger partial charge in [0, 0.05) is 24.7 Å². The topological polar surface area (TPSA) is 66.5 Å². The second-order valence-electron chi connectivity index (χ2n) is 6.85. The Balaban J connectivity index is 0.00000225. The predicted octanol–water partition coefficient (Wildman–Crippen LogP) is 2.65. The number of halogens is 1. The van der Waals surface area contributed by atoms with Crippen LogP contribution in [0.3, 0.4) is 0 Å². The van der Waals surface area contributed by atoms with E-state index in [0.717, 1.165) is 45.1 Å². The third kappa shape index (κ3) is 4.36. The number of hydrogen-bond acceptors (Lipinski definition) is 4. The van der Waals surface area contributed by atoms with Crippen molar-refractivity contribution in [2.75, 3.05) is 20.1 Å². The molecule has 1 unspecified atom stereocenters. The molecule has 0 aromatic heterocycles. The first-order chi connectivity index (χ1) is 11.5. The monoisotopic (exact) mass is 386 g/mol. The van der Waals surface area contributed by atoms with Crippen LogP contribution in [-0.2, 0) is 9.84 Å². The lowest BCUT2D eigenvalue weighted by Gasteiger charge is -2.32. The fraction of sp³-hybridized carbons (Fsp3) is 0.611. The first-order valence-corrected chi connectivity index (χ1v) is 10.4. The molecule has 5 nitrogen and oxygen atoms in total. The number of likely N-dealkylation sites (tertiary alicyclic amines) is 1. The van der Waals surface area contributed by atoms with Crippen molar-refractivity contribution in [2.24, 2.45) is 0 Å². The van der Waals surface area contributed by atoms with Crippen LogP contribution in [0.15, 0.2) is 29.2 Å². The summed E-state index contributed by atoms with van der Waals surface area (Å²) in [4.78, 5) is 14.8. The Morgan fingerprint density at radius 1 is 1.08 bits per heavy atom. The largest absolute Gasteiger partial charge is 0.337 e. The van der Waals surface area contributed by atoms with E-state index < -0.39 is 9.84 Å². The molecule has 3 rings (SSSR count). The number of likely N-dealkylation sites (N-methyl/N-ethyl adjacent to an activating group) is 1. The van der Waals surface area contributed by atoms with Crippen LogP contribution in [0.2, 0.25) is 0 Å². The Hall–Kier alpha value is -1.11. The number of benzene rings is 1. The van der Waals surface area contributed by atoms with Crippen LogP contribution in [0.4, 0.5) is 0 Å². The van der Waals surface area contributed by atoms with Gasteiger partial charge >= 0.3 is 0 Å². The zero-order valence-electron chi connectivity index (χ0n) is 14.6. The molecule has 0 radical (unpaired) electrons. The molecule has 2 fully saturated rings. The molecule has 1 saturated carbocycles. The summed E-state index contributed by atoms with van der Waals surface area (Å²) in [5, 5.41) is 2.97. The number of amides is 1. The van der Waals surface area contributed by atoms with E-state index in [9.17, 15) is 13.2 Å². The first-order valence-electron chi connectivity index (χ1n) is 8.83. The van der Waals surface area contributed by atoms with Crippen LogP contribution < -0.4 is 5.32 Å². The zero-order chi connectivity index (χ0) is 17.2. The molecule has 1 N–H and O–H groups in total. The second kappa shape index (κ2) is 8.52. The van der Waals surface area contributed by atoms with Gasteiger partial charge in [-0.15, -0.1) is 12.4 Å². The maximum absolute atomic E-state index is 12.6. The minimum atomic E-state index is -3.25. The lowest BCUT2D eigenvalue weighted by molar-refractivity contribution is 0.0698. The maximum Gasteiger partial charge on any atom is 0.253 e. The summed E-state index contributed by atoms with van der Waals surface area (Å²) in [6.07, 6.45) is 5.55.